The Morgan fingerprint density at radius 1 is 1.36 bits per heavy atom. The molecule has 1 saturated carbocycles. The maximum Gasteiger partial charge on any atom is 0.0930 e. The second-order valence-electron chi connectivity index (χ2n) is 3.89. The molecule has 14 heavy (non-hydrogen) atoms. The van der Waals surface area contributed by atoms with E-state index < -0.39 is 5.60 Å². The predicted octanol–water partition coefficient (Wildman–Crippen LogP) is 3.61. The summed E-state index contributed by atoms with van der Waals surface area (Å²) >= 11 is 11.8. The Balaban J connectivity index is 2.34. The maximum atomic E-state index is 10.2. The molecule has 1 aromatic rings. The van der Waals surface area contributed by atoms with Crippen molar-refractivity contribution in [1.29, 1.82) is 0 Å². The Bertz CT molecular complexity index is 344. The minimum absolute atomic E-state index is 0.358. The molecule has 1 aliphatic rings. The Labute approximate surface area is 93.7 Å². The van der Waals surface area contributed by atoms with Crippen molar-refractivity contribution in [2.24, 2.45) is 5.92 Å². The third kappa shape index (κ3) is 1.65. The van der Waals surface area contributed by atoms with Gasteiger partial charge in [0.15, 0.2) is 0 Å². The summed E-state index contributed by atoms with van der Waals surface area (Å²) in [6.07, 6.45) is 1.81. The number of hydrogen-bond donors (Lipinski definition) is 1. The van der Waals surface area contributed by atoms with Gasteiger partial charge in [0, 0.05) is 10.0 Å². The van der Waals surface area contributed by atoms with Crippen molar-refractivity contribution in [1.82, 2.24) is 0 Å². The van der Waals surface area contributed by atoms with Crippen LogP contribution < -0.4 is 0 Å². The van der Waals surface area contributed by atoms with Crippen LogP contribution in [0, 0.1) is 5.92 Å². The molecule has 1 aromatic carbocycles. The van der Waals surface area contributed by atoms with Gasteiger partial charge in [-0.15, -0.1) is 0 Å². The average molecular weight is 231 g/mol. The molecule has 0 amide bonds. The van der Waals surface area contributed by atoms with Crippen molar-refractivity contribution in [3.63, 3.8) is 0 Å². The normalized spacial score (nSPS) is 30.4. The summed E-state index contributed by atoms with van der Waals surface area (Å²) in [7, 11) is 0. The molecule has 0 bridgehead atoms. The Morgan fingerprint density at radius 3 is 2.36 bits per heavy atom. The lowest BCUT2D eigenvalue weighted by Gasteiger charge is -2.11. The fourth-order valence-electron chi connectivity index (χ4n) is 1.96. The Hall–Kier alpha value is -0.240. The molecule has 2 rings (SSSR count). The molecule has 2 unspecified atom stereocenters. The molecule has 1 nitrogen and oxygen atoms in total. The Morgan fingerprint density at radius 2 is 1.93 bits per heavy atom. The van der Waals surface area contributed by atoms with Gasteiger partial charge in [0.2, 0.25) is 0 Å². The van der Waals surface area contributed by atoms with Crippen LogP contribution in [0.15, 0.2) is 18.2 Å². The van der Waals surface area contributed by atoms with Gasteiger partial charge < -0.3 is 5.11 Å². The van der Waals surface area contributed by atoms with Gasteiger partial charge in [-0.25, -0.2) is 0 Å². The van der Waals surface area contributed by atoms with Crippen molar-refractivity contribution in [2.75, 3.05) is 0 Å². The molecule has 2 atom stereocenters. The first-order chi connectivity index (χ1) is 6.56. The van der Waals surface area contributed by atoms with E-state index in [1.807, 2.05) is 0 Å². The summed E-state index contributed by atoms with van der Waals surface area (Å²) in [6.45, 7) is 2.08. The lowest BCUT2D eigenvalue weighted by atomic mass is 10.0. The van der Waals surface area contributed by atoms with Crippen molar-refractivity contribution in [2.45, 2.75) is 25.4 Å². The van der Waals surface area contributed by atoms with E-state index in [1.165, 1.54) is 0 Å². The quantitative estimate of drug-likeness (QED) is 0.824. The first kappa shape index (κ1) is 10.3. The van der Waals surface area contributed by atoms with Gasteiger partial charge in [0.1, 0.15) is 0 Å². The monoisotopic (exact) mass is 230 g/mol. The minimum Gasteiger partial charge on any atom is -0.385 e. The highest BCUT2D eigenvalue weighted by Crippen LogP contribution is 2.54. The zero-order valence-electron chi connectivity index (χ0n) is 7.93. The van der Waals surface area contributed by atoms with Gasteiger partial charge in [-0.1, -0.05) is 36.5 Å². The van der Waals surface area contributed by atoms with E-state index in [2.05, 4.69) is 6.92 Å². The van der Waals surface area contributed by atoms with Crippen molar-refractivity contribution < 1.29 is 5.11 Å². The lowest BCUT2D eigenvalue weighted by Crippen LogP contribution is -2.08. The van der Waals surface area contributed by atoms with E-state index in [-0.39, 0.29) is 0 Å². The van der Waals surface area contributed by atoms with Crippen LogP contribution in [0.3, 0.4) is 0 Å². The Kier molecular flexibility index (Phi) is 2.50. The van der Waals surface area contributed by atoms with Crippen LogP contribution in [0.4, 0.5) is 0 Å². The van der Waals surface area contributed by atoms with Gasteiger partial charge in [-0.05, 0) is 36.1 Å². The second-order valence-corrected chi connectivity index (χ2v) is 4.76. The van der Waals surface area contributed by atoms with E-state index in [9.17, 15) is 5.11 Å². The number of aliphatic hydroxyl groups is 1. The number of benzene rings is 1. The average Bonchev–Trinajstić information content (AvgIpc) is 2.77. The molecular weight excluding hydrogens is 219 g/mol. The standard InChI is InChI=1S/C11H12Cl2O/c1-2-7-6-11(7,14)8-3-9(12)5-10(13)4-8/h3-5,7,14H,2,6H2,1H3. The molecule has 1 fully saturated rings. The third-order valence-electron chi connectivity index (χ3n) is 2.93. The molecule has 0 saturated heterocycles. The van der Waals surface area contributed by atoms with Gasteiger partial charge in [0.05, 0.1) is 5.60 Å². The SMILES string of the molecule is CCC1CC1(O)c1cc(Cl)cc(Cl)c1. The van der Waals surface area contributed by atoms with Crippen molar-refractivity contribution >= 4 is 23.2 Å². The smallest absolute Gasteiger partial charge is 0.0930 e. The number of halogens is 2. The van der Waals surface area contributed by atoms with Crippen LogP contribution in [-0.4, -0.2) is 5.11 Å². The topological polar surface area (TPSA) is 20.2 Å². The molecule has 1 aliphatic carbocycles. The maximum absolute atomic E-state index is 10.2. The molecule has 3 heteroatoms. The highest BCUT2D eigenvalue weighted by Gasteiger charge is 2.52. The van der Waals surface area contributed by atoms with Crippen LogP contribution in [0.25, 0.3) is 0 Å². The zero-order chi connectivity index (χ0) is 10.3. The van der Waals surface area contributed by atoms with Crippen LogP contribution in [0.5, 0.6) is 0 Å². The summed E-state index contributed by atoms with van der Waals surface area (Å²) in [5, 5.41) is 11.4. The fourth-order valence-corrected chi connectivity index (χ4v) is 2.48. The van der Waals surface area contributed by atoms with Crippen LogP contribution in [0.2, 0.25) is 10.0 Å². The first-order valence-corrected chi connectivity index (χ1v) is 5.51. The summed E-state index contributed by atoms with van der Waals surface area (Å²) in [4.78, 5) is 0. The molecule has 76 valence electrons. The van der Waals surface area contributed by atoms with E-state index in [4.69, 9.17) is 23.2 Å². The fraction of sp³-hybridized carbons (Fsp3) is 0.455. The van der Waals surface area contributed by atoms with Crippen molar-refractivity contribution in [3.8, 4) is 0 Å². The minimum atomic E-state index is -0.677. The van der Waals surface area contributed by atoms with E-state index >= 15 is 0 Å². The highest BCUT2D eigenvalue weighted by molar-refractivity contribution is 6.34. The third-order valence-corrected chi connectivity index (χ3v) is 3.36. The number of hydrogen-bond acceptors (Lipinski definition) is 1. The predicted molar refractivity (Wildman–Crippen MR) is 58.8 cm³/mol. The summed E-state index contributed by atoms with van der Waals surface area (Å²) in [5.74, 6) is 0.358. The molecule has 0 radical (unpaired) electrons. The largest absolute Gasteiger partial charge is 0.385 e. The summed E-state index contributed by atoms with van der Waals surface area (Å²) < 4.78 is 0. The summed E-state index contributed by atoms with van der Waals surface area (Å²) in [5.41, 5.74) is 0.172. The van der Waals surface area contributed by atoms with Gasteiger partial charge in [-0.3, -0.25) is 0 Å². The molecule has 1 N–H and O–H groups in total. The van der Waals surface area contributed by atoms with Crippen LogP contribution in [0.1, 0.15) is 25.3 Å². The first-order valence-electron chi connectivity index (χ1n) is 4.75. The molecule has 0 aliphatic heterocycles. The van der Waals surface area contributed by atoms with E-state index in [0.717, 1.165) is 18.4 Å². The van der Waals surface area contributed by atoms with Gasteiger partial charge in [-0.2, -0.15) is 0 Å². The second kappa shape index (κ2) is 3.41. The molecule has 0 aromatic heterocycles. The highest BCUT2D eigenvalue weighted by atomic mass is 35.5. The van der Waals surface area contributed by atoms with Crippen molar-refractivity contribution in [3.05, 3.63) is 33.8 Å². The van der Waals surface area contributed by atoms with Gasteiger partial charge in [0.25, 0.3) is 0 Å². The lowest BCUT2D eigenvalue weighted by molar-refractivity contribution is 0.130. The van der Waals surface area contributed by atoms with Gasteiger partial charge >= 0.3 is 0 Å². The molecule has 0 heterocycles. The molecule has 0 spiro atoms. The zero-order valence-corrected chi connectivity index (χ0v) is 9.44. The van der Waals surface area contributed by atoms with Crippen LogP contribution in [-0.2, 0) is 5.60 Å². The van der Waals surface area contributed by atoms with E-state index in [0.29, 0.717) is 16.0 Å². The number of rotatable bonds is 2. The summed E-state index contributed by atoms with van der Waals surface area (Å²) in [6, 6.07) is 5.27. The molecular formula is C11H12Cl2O. The van der Waals surface area contributed by atoms with Crippen LogP contribution >= 0.6 is 23.2 Å². The van der Waals surface area contributed by atoms with E-state index in [1.54, 1.807) is 18.2 Å².